The van der Waals surface area contributed by atoms with Crippen LogP contribution in [0.2, 0.25) is 6.32 Å². The van der Waals surface area contributed by atoms with Crippen LogP contribution in [0.25, 0.3) is 0 Å². The standard InChI is InChI=1S/C17H33B/c1-2-3-4-5-6-7-8-9-10-11-12-13-14-15-16-17-18/h14-15H,2-13,16-17H2,1H3/b15-14+. The zero-order valence-electron chi connectivity index (χ0n) is 12.6. The van der Waals surface area contributed by atoms with Gasteiger partial charge < -0.3 is 0 Å². The smallest absolute Gasteiger partial charge is 0.0657 e. The summed E-state index contributed by atoms with van der Waals surface area (Å²) in [6.45, 7) is 2.28. The Morgan fingerprint density at radius 1 is 0.611 bits per heavy atom. The fourth-order valence-electron chi connectivity index (χ4n) is 2.26. The van der Waals surface area contributed by atoms with Gasteiger partial charge in [-0.15, -0.1) is 0 Å². The van der Waals surface area contributed by atoms with Gasteiger partial charge in [-0.2, -0.15) is 0 Å². The summed E-state index contributed by atoms with van der Waals surface area (Å²) in [4.78, 5) is 0. The van der Waals surface area contributed by atoms with Crippen LogP contribution < -0.4 is 0 Å². The largest absolute Gasteiger partial charge is 0.0893 e. The first-order valence-corrected chi connectivity index (χ1v) is 8.27. The minimum Gasteiger partial charge on any atom is -0.0893 e. The summed E-state index contributed by atoms with van der Waals surface area (Å²) < 4.78 is 0. The fraction of sp³-hybridized carbons (Fsp3) is 0.882. The van der Waals surface area contributed by atoms with E-state index in [2.05, 4.69) is 19.1 Å². The van der Waals surface area contributed by atoms with Gasteiger partial charge in [0.1, 0.15) is 0 Å². The zero-order valence-corrected chi connectivity index (χ0v) is 12.6. The number of hydrogen-bond donors (Lipinski definition) is 0. The van der Waals surface area contributed by atoms with Crippen molar-refractivity contribution in [1.82, 2.24) is 0 Å². The minimum atomic E-state index is 0.786. The predicted molar refractivity (Wildman–Crippen MR) is 85.4 cm³/mol. The lowest BCUT2D eigenvalue weighted by molar-refractivity contribution is 0.550. The summed E-state index contributed by atoms with van der Waals surface area (Å²) in [6, 6.07) is 0. The molecule has 0 rings (SSSR count). The molecular formula is C17H33B. The van der Waals surface area contributed by atoms with Gasteiger partial charge in [0, 0.05) is 0 Å². The van der Waals surface area contributed by atoms with Crippen molar-refractivity contribution in [2.24, 2.45) is 0 Å². The molecule has 0 saturated carbocycles. The number of unbranched alkanes of at least 4 members (excludes halogenated alkanes) is 11. The normalized spacial score (nSPS) is 11.4. The lowest BCUT2D eigenvalue weighted by Gasteiger charge is -2.01. The van der Waals surface area contributed by atoms with Crippen molar-refractivity contribution in [2.75, 3.05) is 0 Å². The van der Waals surface area contributed by atoms with E-state index in [0.717, 1.165) is 12.7 Å². The van der Waals surface area contributed by atoms with Crippen molar-refractivity contribution >= 4 is 7.85 Å². The lowest BCUT2D eigenvalue weighted by Crippen LogP contribution is -1.82. The molecule has 0 saturated heterocycles. The molecule has 2 radical (unpaired) electrons. The van der Waals surface area contributed by atoms with Gasteiger partial charge in [-0.05, 0) is 19.3 Å². The van der Waals surface area contributed by atoms with Gasteiger partial charge in [-0.1, -0.05) is 89.6 Å². The average molecular weight is 248 g/mol. The maximum Gasteiger partial charge on any atom is 0.0657 e. The van der Waals surface area contributed by atoms with E-state index in [1.165, 1.54) is 77.0 Å². The SMILES string of the molecule is [B]CC/C=C/CCCCCCCCCCCCC. The molecule has 0 aliphatic carbocycles. The van der Waals surface area contributed by atoms with E-state index in [0.29, 0.717) is 0 Å². The first-order chi connectivity index (χ1) is 8.91. The second-order valence-electron chi connectivity index (χ2n) is 5.37. The summed E-state index contributed by atoms with van der Waals surface area (Å²) in [6.07, 6.45) is 23.3. The van der Waals surface area contributed by atoms with E-state index < -0.39 is 0 Å². The highest BCUT2D eigenvalue weighted by atomic mass is 14.0. The second-order valence-corrected chi connectivity index (χ2v) is 5.37. The van der Waals surface area contributed by atoms with E-state index in [1.54, 1.807) is 0 Å². The third-order valence-corrected chi connectivity index (χ3v) is 3.47. The quantitative estimate of drug-likeness (QED) is 0.194. The van der Waals surface area contributed by atoms with Crippen molar-refractivity contribution in [1.29, 1.82) is 0 Å². The third kappa shape index (κ3) is 15.8. The molecular weight excluding hydrogens is 215 g/mol. The van der Waals surface area contributed by atoms with Crippen LogP contribution in [0.5, 0.6) is 0 Å². The minimum absolute atomic E-state index is 0.786. The number of allylic oxidation sites excluding steroid dienone is 2. The summed E-state index contributed by atoms with van der Waals surface area (Å²) in [7, 11) is 5.42. The van der Waals surface area contributed by atoms with Gasteiger partial charge in [-0.25, -0.2) is 0 Å². The molecule has 0 atom stereocenters. The maximum absolute atomic E-state index is 5.42. The summed E-state index contributed by atoms with van der Waals surface area (Å²) >= 11 is 0. The van der Waals surface area contributed by atoms with Crippen LogP contribution >= 0.6 is 0 Å². The van der Waals surface area contributed by atoms with Crippen LogP contribution in [-0.4, -0.2) is 7.85 Å². The van der Waals surface area contributed by atoms with E-state index in [4.69, 9.17) is 7.85 Å². The topological polar surface area (TPSA) is 0 Å². The monoisotopic (exact) mass is 248 g/mol. The van der Waals surface area contributed by atoms with Gasteiger partial charge in [0.05, 0.1) is 7.85 Å². The van der Waals surface area contributed by atoms with Crippen molar-refractivity contribution in [3.05, 3.63) is 12.2 Å². The molecule has 0 aliphatic heterocycles. The average Bonchev–Trinajstić information content (AvgIpc) is 2.39. The Hall–Kier alpha value is -0.195. The molecule has 0 spiro atoms. The van der Waals surface area contributed by atoms with Crippen molar-refractivity contribution in [3.8, 4) is 0 Å². The third-order valence-electron chi connectivity index (χ3n) is 3.47. The lowest BCUT2D eigenvalue weighted by atomic mass is 10.0. The van der Waals surface area contributed by atoms with Crippen LogP contribution in [0.4, 0.5) is 0 Å². The maximum atomic E-state index is 5.42. The Bertz CT molecular complexity index is 163. The molecule has 0 unspecified atom stereocenters. The second kappa shape index (κ2) is 16.8. The molecule has 1 heteroatoms. The van der Waals surface area contributed by atoms with Gasteiger partial charge in [-0.3, -0.25) is 0 Å². The summed E-state index contributed by atoms with van der Waals surface area (Å²) in [5.41, 5.74) is 0. The summed E-state index contributed by atoms with van der Waals surface area (Å²) in [5, 5.41) is 0. The highest BCUT2D eigenvalue weighted by Gasteiger charge is 1.92. The first kappa shape index (κ1) is 17.8. The fourth-order valence-corrected chi connectivity index (χ4v) is 2.26. The van der Waals surface area contributed by atoms with Crippen LogP contribution in [0.3, 0.4) is 0 Å². The van der Waals surface area contributed by atoms with Gasteiger partial charge in [0.2, 0.25) is 0 Å². The van der Waals surface area contributed by atoms with Gasteiger partial charge in [0.25, 0.3) is 0 Å². The molecule has 0 nitrogen and oxygen atoms in total. The molecule has 0 N–H and O–H groups in total. The zero-order chi connectivity index (χ0) is 13.3. The van der Waals surface area contributed by atoms with Crippen LogP contribution in [0.1, 0.15) is 90.4 Å². The van der Waals surface area contributed by atoms with E-state index in [-0.39, 0.29) is 0 Å². The molecule has 0 heterocycles. The molecule has 0 bridgehead atoms. The van der Waals surface area contributed by atoms with Crippen molar-refractivity contribution < 1.29 is 0 Å². The van der Waals surface area contributed by atoms with Gasteiger partial charge in [0.15, 0.2) is 0 Å². The Balaban J connectivity index is 2.94. The highest BCUT2D eigenvalue weighted by molar-refractivity contribution is 6.08. The van der Waals surface area contributed by atoms with Crippen LogP contribution in [0.15, 0.2) is 12.2 Å². The predicted octanol–water partition coefficient (Wildman–Crippen LogP) is 6.22. The summed E-state index contributed by atoms with van der Waals surface area (Å²) in [5.74, 6) is 0. The number of hydrogen-bond acceptors (Lipinski definition) is 0. The molecule has 0 aromatic carbocycles. The number of rotatable bonds is 14. The molecule has 0 aliphatic rings. The molecule has 18 heavy (non-hydrogen) atoms. The van der Waals surface area contributed by atoms with E-state index >= 15 is 0 Å². The highest BCUT2D eigenvalue weighted by Crippen LogP contribution is 2.12. The molecule has 0 aromatic rings. The van der Waals surface area contributed by atoms with Crippen molar-refractivity contribution in [3.63, 3.8) is 0 Å². The van der Waals surface area contributed by atoms with Crippen molar-refractivity contribution in [2.45, 2.75) is 96.7 Å². The van der Waals surface area contributed by atoms with E-state index in [9.17, 15) is 0 Å². The van der Waals surface area contributed by atoms with Crippen LogP contribution in [0, 0.1) is 0 Å². The van der Waals surface area contributed by atoms with E-state index in [1.807, 2.05) is 0 Å². The Morgan fingerprint density at radius 3 is 1.56 bits per heavy atom. The van der Waals surface area contributed by atoms with Crippen LogP contribution in [-0.2, 0) is 0 Å². The molecule has 0 aromatic heterocycles. The Labute approximate surface area is 117 Å². The molecule has 104 valence electrons. The molecule has 0 amide bonds. The van der Waals surface area contributed by atoms with Gasteiger partial charge >= 0.3 is 0 Å². The Morgan fingerprint density at radius 2 is 1.06 bits per heavy atom. The Kier molecular flexibility index (Phi) is 16.6. The first-order valence-electron chi connectivity index (χ1n) is 8.27. The molecule has 0 fully saturated rings.